The summed E-state index contributed by atoms with van der Waals surface area (Å²) in [5.41, 5.74) is 1.24. The van der Waals surface area contributed by atoms with Gasteiger partial charge < -0.3 is 0 Å². The molecular weight excluding hydrogens is 307 g/mol. The summed E-state index contributed by atoms with van der Waals surface area (Å²) in [7, 11) is 0. The molecule has 2 saturated heterocycles. The Morgan fingerprint density at radius 2 is 1.61 bits per heavy atom. The van der Waals surface area contributed by atoms with Gasteiger partial charge in [0.05, 0.1) is 0 Å². The number of thiophene rings is 1. The van der Waals surface area contributed by atoms with Crippen molar-refractivity contribution in [3.8, 4) is 0 Å². The molecule has 1 aromatic carbocycles. The standard InChI is InChI=1S/C19H23FN2S/c20-16-5-3-15(4-6-16)19-9-12-22(19)14-18-8-7-17(23-18)13-21-10-1-2-11-21/h3-8,19H,1-2,9-14H2/t19-/m1/s1. The molecule has 2 aliphatic rings. The Bertz CT molecular complexity index is 646. The fraction of sp³-hybridized carbons (Fsp3) is 0.474. The third-order valence-corrected chi connectivity index (χ3v) is 6.09. The molecule has 2 fully saturated rings. The third kappa shape index (κ3) is 3.49. The molecular formula is C19H23FN2S. The summed E-state index contributed by atoms with van der Waals surface area (Å²) in [5, 5.41) is 0. The zero-order valence-corrected chi connectivity index (χ0v) is 14.2. The highest BCUT2D eigenvalue weighted by atomic mass is 32.1. The second-order valence-electron chi connectivity index (χ2n) is 6.68. The summed E-state index contributed by atoms with van der Waals surface area (Å²) in [4.78, 5) is 7.99. The molecule has 0 saturated carbocycles. The first-order valence-electron chi connectivity index (χ1n) is 8.57. The molecule has 1 aromatic heterocycles. The van der Waals surface area contributed by atoms with Gasteiger partial charge >= 0.3 is 0 Å². The summed E-state index contributed by atoms with van der Waals surface area (Å²) in [6.45, 7) is 5.79. The number of rotatable bonds is 5. The highest BCUT2D eigenvalue weighted by Gasteiger charge is 2.29. The van der Waals surface area contributed by atoms with E-state index < -0.39 is 0 Å². The molecule has 0 unspecified atom stereocenters. The van der Waals surface area contributed by atoms with E-state index in [1.807, 2.05) is 23.5 Å². The Labute approximate surface area is 141 Å². The van der Waals surface area contributed by atoms with Crippen molar-refractivity contribution >= 4 is 11.3 Å². The fourth-order valence-corrected chi connectivity index (χ4v) is 4.73. The van der Waals surface area contributed by atoms with E-state index in [0.29, 0.717) is 6.04 Å². The van der Waals surface area contributed by atoms with Crippen LogP contribution in [0.25, 0.3) is 0 Å². The summed E-state index contributed by atoms with van der Waals surface area (Å²) in [6.07, 6.45) is 3.88. The molecule has 0 bridgehead atoms. The monoisotopic (exact) mass is 330 g/mol. The summed E-state index contributed by atoms with van der Waals surface area (Å²) < 4.78 is 13.1. The van der Waals surface area contributed by atoms with E-state index in [0.717, 1.165) is 19.6 Å². The highest BCUT2D eigenvalue weighted by Crippen LogP contribution is 2.35. The number of hydrogen-bond donors (Lipinski definition) is 0. The van der Waals surface area contributed by atoms with Gasteiger partial charge in [-0.25, -0.2) is 4.39 Å². The molecule has 0 N–H and O–H groups in total. The number of likely N-dealkylation sites (tertiary alicyclic amines) is 2. The second-order valence-corrected chi connectivity index (χ2v) is 7.93. The van der Waals surface area contributed by atoms with Gasteiger partial charge in [0.2, 0.25) is 0 Å². The minimum atomic E-state index is -0.149. The van der Waals surface area contributed by atoms with Crippen LogP contribution in [-0.2, 0) is 13.1 Å². The molecule has 4 rings (SSSR count). The van der Waals surface area contributed by atoms with Crippen LogP contribution in [0.3, 0.4) is 0 Å². The second kappa shape index (κ2) is 6.71. The Balaban J connectivity index is 1.36. The van der Waals surface area contributed by atoms with Gasteiger partial charge in [0.15, 0.2) is 0 Å². The predicted molar refractivity (Wildman–Crippen MR) is 93.0 cm³/mol. The van der Waals surface area contributed by atoms with Gasteiger partial charge in [0.25, 0.3) is 0 Å². The molecule has 3 heterocycles. The average Bonchev–Trinajstić information content (AvgIpc) is 3.18. The van der Waals surface area contributed by atoms with Crippen LogP contribution in [-0.4, -0.2) is 29.4 Å². The lowest BCUT2D eigenvalue weighted by atomic mass is 9.95. The van der Waals surface area contributed by atoms with Crippen molar-refractivity contribution in [3.63, 3.8) is 0 Å². The van der Waals surface area contributed by atoms with E-state index in [1.165, 1.54) is 47.7 Å². The molecule has 2 nitrogen and oxygen atoms in total. The van der Waals surface area contributed by atoms with Crippen LogP contribution >= 0.6 is 11.3 Å². The van der Waals surface area contributed by atoms with Gasteiger partial charge in [-0.05, 0) is 62.2 Å². The Hall–Kier alpha value is -1.23. The average molecular weight is 330 g/mol. The van der Waals surface area contributed by atoms with Crippen LogP contribution in [0.15, 0.2) is 36.4 Å². The highest BCUT2D eigenvalue weighted by molar-refractivity contribution is 7.11. The van der Waals surface area contributed by atoms with Crippen LogP contribution < -0.4 is 0 Å². The maximum absolute atomic E-state index is 13.1. The van der Waals surface area contributed by atoms with Crippen LogP contribution in [0, 0.1) is 5.82 Å². The largest absolute Gasteiger partial charge is 0.298 e. The normalized spacial score (nSPS) is 22.4. The summed E-state index contributed by atoms with van der Waals surface area (Å²) in [6, 6.07) is 12.1. The summed E-state index contributed by atoms with van der Waals surface area (Å²) in [5.74, 6) is -0.149. The molecule has 1 atom stereocenters. The van der Waals surface area contributed by atoms with Crippen molar-refractivity contribution < 1.29 is 4.39 Å². The minimum absolute atomic E-state index is 0.149. The maximum Gasteiger partial charge on any atom is 0.123 e. The molecule has 0 spiro atoms. The Kier molecular flexibility index (Phi) is 4.47. The van der Waals surface area contributed by atoms with E-state index in [4.69, 9.17) is 0 Å². The first-order valence-corrected chi connectivity index (χ1v) is 9.39. The van der Waals surface area contributed by atoms with E-state index >= 15 is 0 Å². The van der Waals surface area contributed by atoms with Gasteiger partial charge in [-0.15, -0.1) is 11.3 Å². The lowest BCUT2D eigenvalue weighted by Crippen LogP contribution is -2.39. The van der Waals surface area contributed by atoms with Crippen LogP contribution in [0.5, 0.6) is 0 Å². The number of nitrogens with zero attached hydrogens (tertiary/aromatic N) is 2. The van der Waals surface area contributed by atoms with Gasteiger partial charge in [-0.2, -0.15) is 0 Å². The molecule has 0 aliphatic carbocycles. The molecule has 0 amide bonds. The van der Waals surface area contributed by atoms with Gasteiger partial charge in [0, 0.05) is 35.4 Å². The zero-order chi connectivity index (χ0) is 15.6. The quantitative estimate of drug-likeness (QED) is 0.800. The van der Waals surface area contributed by atoms with Gasteiger partial charge in [-0.3, -0.25) is 9.80 Å². The molecule has 4 heteroatoms. The minimum Gasteiger partial charge on any atom is -0.298 e. The number of benzene rings is 1. The van der Waals surface area contributed by atoms with Crippen molar-refractivity contribution in [2.75, 3.05) is 19.6 Å². The van der Waals surface area contributed by atoms with Gasteiger partial charge in [0.1, 0.15) is 5.82 Å². The van der Waals surface area contributed by atoms with Crippen molar-refractivity contribution in [1.82, 2.24) is 9.80 Å². The van der Waals surface area contributed by atoms with E-state index in [-0.39, 0.29) is 5.82 Å². The predicted octanol–water partition coefficient (Wildman–Crippen LogP) is 4.43. The molecule has 122 valence electrons. The van der Waals surface area contributed by atoms with E-state index in [2.05, 4.69) is 21.9 Å². The smallest absolute Gasteiger partial charge is 0.123 e. The van der Waals surface area contributed by atoms with Crippen molar-refractivity contribution in [2.24, 2.45) is 0 Å². The lowest BCUT2D eigenvalue weighted by Gasteiger charge is -2.41. The molecule has 0 radical (unpaired) electrons. The SMILES string of the molecule is Fc1ccc([C@H]2CCN2Cc2ccc(CN3CCCC3)s2)cc1. The summed E-state index contributed by atoms with van der Waals surface area (Å²) >= 11 is 1.95. The maximum atomic E-state index is 13.1. The Morgan fingerprint density at radius 1 is 0.913 bits per heavy atom. The topological polar surface area (TPSA) is 6.48 Å². The van der Waals surface area contributed by atoms with Crippen LogP contribution in [0.1, 0.15) is 40.6 Å². The van der Waals surface area contributed by atoms with Crippen LogP contribution in [0.2, 0.25) is 0 Å². The Morgan fingerprint density at radius 3 is 2.26 bits per heavy atom. The molecule has 2 aromatic rings. The zero-order valence-electron chi connectivity index (χ0n) is 13.4. The van der Waals surface area contributed by atoms with Crippen molar-refractivity contribution in [2.45, 2.75) is 38.4 Å². The molecule has 2 aliphatic heterocycles. The number of hydrogen-bond acceptors (Lipinski definition) is 3. The first kappa shape index (κ1) is 15.3. The van der Waals surface area contributed by atoms with Crippen molar-refractivity contribution in [1.29, 1.82) is 0 Å². The lowest BCUT2D eigenvalue weighted by molar-refractivity contribution is 0.0831. The first-order chi connectivity index (χ1) is 11.3. The number of halogens is 1. The third-order valence-electron chi connectivity index (χ3n) is 5.04. The fourth-order valence-electron chi connectivity index (χ4n) is 3.65. The van der Waals surface area contributed by atoms with E-state index in [9.17, 15) is 4.39 Å². The molecule has 23 heavy (non-hydrogen) atoms. The van der Waals surface area contributed by atoms with Crippen LogP contribution in [0.4, 0.5) is 4.39 Å². The van der Waals surface area contributed by atoms with Gasteiger partial charge in [-0.1, -0.05) is 12.1 Å². The van der Waals surface area contributed by atoms with E-state index in [1.54, 1.807) is 12.1 Å². The van der Waals surface area contributed by atoms with Crippen molar-refractivity contribution in [3.05, 3.63) is 57.5 Å².